The van der Waals surface area contributed by atoms with Gasteiger partial charge in [0, 0.05) is 41.1 Å². The zero-order valence-corrected chi connectivity index (χ0v) is 20.2. The van der Waals surface area contributed by atoms with E-state index in [0.717, 1.165) is 0 Å². The van der Waals surface area contributed by atoms with E-state index in [4.69, 9.17) is 20.3 Å². The van der Waals surface area contributed by atoms with Gasteiger partial charge < -0.3 is 25.6 Å². The summed E-state index contributed by atoms with van der Waals surface area (Å²) in [5.41, 5.74) is 7.31. The van der Waals surface area contributed by atoms with Crippen molar-refractivity contribution in [2.24, 2.45) is 5.73 Å². The van der Waals surface area contributed by atoms with Crippen molar-refractivity contribution in [2.45, 2.75) is 25.8 Å². The summed E-state index contributed by atoms with van der Waals surface area (Å²) in [6, 6.07) is 5.43. The summed E-state index contributed by atoms with van der Waals surface area (Å²) in [6.45, 7) is 3.32. The van der Waals surface area contributed by atoms with Crippen LogP contribution in [0.5, 0.6) is 0 Å². The number of nitro benzene ring substituents is 1. The SMILES string of the molecule is CCOC(=O)C1=C(CSSCC(N)CO)NC(C)=C(C(=O)OC)C1c1cccc([N+](=O)[O-])c1. The molecule has 180 valence electrons. The lowest BCUT2D eigenvalue weighted by Crippen LogP contribution is -2.34. The first kappa shape index (κ1) is 26.7. The first-order valence-corrected chi connectivity index (χ1v) is 12.5. The van der Waals surface area contributed by atoms with Gasteiger partial charge in [0.25, 0.3) is 5.69 Å². The molecule has 1 heterocycles. The van der Waals surface area contributed by atoms with E-state index in [9.17, 15) is 19.7 Å². The third-order valence-corrected chi connectivity index (χ3v) is 7.16. The summed E-state index contributed by atoms with van der Waals surface area (Å²) >= 11 is 0. The van der Waals surface area contributed by atoms with Gasteiger partial charge in [-0.15, -0.1) is 0 Å². The number of carbonyl (C=O) groups is 2. The van der Waals surface area contributed by atoms with E-state index in [1.54, 1.807) is 19.9 Å². The molecule has 1 aromatic rings. The van der Waals surface area contributed by atoms with E-state index < -0.39 is 22.8 Å². The molecular formula is C21H27N3O7S2. The summed E-state index contributed by atoms with van der Waals surface area (Å²) in [7, 11) is 4.08. The number of methoxy groups -OCH3 is 1. The molecule has 0 radical (unpaired) electrons. The summed E-state index contributed by atoms with van der Waals surface area (Å²) < 4.78 is 10.2. The Morgan fingerprint density at radius 3 is 2.64 bits per heavy atom. The summed E-state index contributed by atoms with van der Waals surface area (Å²) in [6.07, 6.45) is 0. The predicted molar refractivity (Wildman–Crippen MR) is 127 cm³/mol. The number of nitrogens with one attached hydrogen (secondary N) is 1. The fraction of sp³-hybridized carbons (Fsp3) is 0.429. The van der Waals surface area contributed by atoms with Crippen molar-refractivity contribution in [3.63, 3.8) is 0 Å². The van der Waals surface area contributed by atoms with Gasteiger partial charge in [-0.3, -0.25) is 10.1 Å². The van der Waals surface area contributed by atoms with E-state index in [1.807, 2.05) is 0 Å². The zero-order chi connectivity index (χ0) is 24.5. The molecule has 0 saturated carbocycles. The Morgan fingerprint density at radius 1 is 1.30 bits per heavy atom. The van der Waals surface area contributed by atoms with Crippen LogP contribution in [0.4, 0.5) is 5.69 Å². The van der Waals surface area contributed by atoms with Crippen molar-refractivity contribution in [3.05, 3.63) is 62.5 Å². The first-order chi connectivity index (χ1) is 15.7. The van der Waals surface area contributed by atoms with Gasteiger partial charge in [-0.05, 0) is 19.4 Å². The van der Waals surface area contributed by atoms with E-state index in [-0.39, 0.29) is 36.1 Å². The highest BCUT2D eigenvalue weighted by Crippen LogP contribution is 2.41. The Kier molecular flexibility index (Phi) is 10.2. The second kappa shape index (κ2) is 12.6. The lowest BCUT2D eigenvalue weighted by Gasteiger charge is -2.31. The van der Waals surface area contributed by atoms with Crippen LogP contribution in [-0.4, -0.2) is 59.8 Å². The van der Waals surface area contributed by atoms with Crippen LogP contribution in [-0.2, 0) is 19.1 Å². The fourth-order valence-electron chi connectivity index (χ4n) is 3.28. The van der Waals surface area contributed by atoms with Crippen molar-refractivity contribution in [1.29, 1.82) is 0 Å². The number of ether oxygens (including phenoxy) is 2. The number of allylic oxidation sites excluding steroid dienone is 1. The van der Waals surface area contributed by atoms with Crippen LogP contribution in [0.2, 0.25) is 0 Å². The largest absolute Gasteiger partial charge is 0.466 e. The third kappa shape index (κ3) is 6.73. The van der Waals surface area contributed by atoms with Crippen molar-refractivity contribution in [1.82, 2.24) is 5.32 Å². The number of nitro groups is 1. The van der Waals surface area contributed by atoms with Gasteiger partial charge >= 0.3 is 11.9 Å². The van der Waals surface area contributed by atoms with Crippen LogP contribution in [0.1, 0.15) is 25.3 Å². The number of dihydropyridines is 1. The quantitative estimate of drug-likeness (QED) is 0.136. The van der Waals surface area contributed by atoms with Crippen LogP contribution in [0.15, 0.2) is 46.8 Å². The van der Waals surface area contributed by atoms with Crippen LogP contribution < -0.4 is 11.1 Å². The number of hydrogen-bond donors (Lipinski definition) is 3. The number of aliphatic hydroxyl groups is 1. The van der Waals surface area contributed by atoms with Gasteiger partial charge in [0.2, 0.25) is 0 Å². The smallest absolute Gasteiger partial charge is 0.336 e. The molecule has 0 aliphatic carbocycles. The highest BCUT2D eigenvalue weighted by atomic mass is 33.1. The number of nitrogens with zero attached hydrogens (tertiary/aromatic N) is 1. The highest BCUT2D eigenvalue weighted by Gasteiger charge is 2.39. The Morgan fingerprint density at radius 2 is 2.03 bits per heavy atom. The molecule has 2 unspecified atom stereocenters. The van der Waals surface area contributed by atoms with E-state index in [0.29, 0.717) is 28.5 Å². The van der Waals surface area contributed by atoms with Crippen LogP contribution in [0.25, 0.3) is 0 Å². The molecule has 2 rings (SSSR count). The Hall–Kier alpha value is -2.54. The Bertz CT molecular complexity index is 965. The number of hydrogen-bond acceptors (Lipinski definition) is 11. The number of non-ortho nitro benzene ring substituents is 1. The minimum atomic E-state index is -0.919. The monoisotopic (exact) mass is 497 g/mol. The second-order valence-corrected chi connectivity index (χ2v) is 9.55. The molecule has 0 amide bonds. The zero-order valence-electron chi connectivity index (χ0n) is 18.5. The average molecular weight is 498 g/mol. The van der Waals surface area contributed by atoms with Gasteiger partial charge in [-0.25, -0.2) is 9.59 Å². The molecule has 1 aromatic carbocycles. The molecule has 0 saturated heterocycles. The molecule has 10 nitrogen and oxygen atoms in total. The number of carbonyl (C=O) groups excluding carboxylic acids is 2. The van der Waals surface area contributed by atoms with Crippen LogP contribution in [0.3, 0.4) is 0 Å². The highest BCUT2D eigenvalue weighted by molar-refractivity contribution is 8.76. The molecule has 0 fully saturated rings. The maximum absolute atomic E-state index is 13.1. The maximum atomic E-state index is 13.1. The average Bonchev–Trinajstić information content (AvgIpc) is 2.80. The molecule has 1 aliphatic rings. The molecule has 2 atom stereocenters. The van der Waals surface area contributed by atoms with E-state index >= 15 is 0 Å². The third-order valence-electron chi connectivity index (χ3n) is 4.76. The number of nitrogens with two attached hydrogens (primary N) is 1. The summed E-state index contributed by atoms with van der Waals surface area (Å²) in [4.78, 5) is 36.6. The minimum Gasteiger partial charge on any atom is -0.466 e. The number of esters is 2. The molecule has 0 spiro atoms. The van der Waals surface area contributed by atoms with Crippen molar-refractivity contribution < 1.29 is 29.1 Å². The Balaban J connectivity index is 2.58. The van der Waals surface area contributed by atoms with E-state index in [1.165, 1.54) is 46.9 Å². The Labute approximate surface area is 199 Å². The van der Waals surface area contributed by atoms with Crippen LogP contribution >= 0.6 is 21.6 Å². The molecule has 0 bridgehead atoms. The fourth-order valence-corrected chi connectivity index (χ4v) is 5.50. The molecule has 0 aromatic heterocycles. The lowest BCUT2D eigenvalue weighted by atomic mass is 9.80. The van der Waals surface area contributed by atoms with E-state index in [2.05, 4.69) is 5.32 Å². The summed E-state index contributed by atoms with van der Waals surface area (Å²) in [5.74, 6) is -1.37. The molecule has 1 aliphatic heterocycles. The summed E-state index contributed by atoms with van der Waals surface area (Å²) in [5, 5.41) is 23.6. The number of benzene rings is 1. The first-order valence-electron chi connectivity index (χ1n) is 10.1. The molecular weight excluding hydrogens is 470 g/mol. The number of aliphatic hydroxyl groups excluding tert-OH is 1. The van der Waals surface area contributed by atoms with Gasteiger partial charge in [-0.1, -0.05) is 33.7 Å². The predicted octanol–water partition coefficient (Wildman–Crippen LogP) is 2.25. The topological polar surface area (TPSA) is 154 Å². The number of rotatable bonds is 11. The van der Waals surface area contributed by atoms with Gasteiger partial charge in [0.05, 0.1) is 42.3 Å². The van der Waals surface area contributed by atoms with Gasteiger partial charge in [0.1, 0.15) is 0 Å². The van der Waals surface area contributed by atoms with Crippen LogP contribution in [0, 0.1) is 10.1 Å². The van der Waals surface area contributed by atoms with Crippen molar-refractivity contribution in [2.75, 3.05) is 31.8 Å². The molecule has 33 heavy (non-hydrogen) atoms. The van der Waals surface area contributed by atoms with Crippen molar-refractivity contribution in [3.8, 4) is 0 Å². The maximum Gasteiger partial charge on any atom is 0.336 e. The molecule has 4 N–H and O–H groups in total. The van der Waals surface area contributed by atoms with Gasteiger partial charge in [0.15, 0.2) is 0 Å². The lowest BCUT2D eigenvalue weighted by molar-refractivity contribution is -0.384. The normalized spacial score (nSPS) is 16.8. The second-order valence-electron chi connectivity index (χ2n) is 7.04. The van der Waals surface area contributed by atoms with Crippen molar-refractivity contribution >= 4 is 39.2 Å². The van der Waals surface area contributed by atoms with Gasteiger partial charge in [-0.2, -0.15) is 0 Å². The molecule has 12 heteroatoms. The minimum absolute atomic E-state index is 0.112. The standard InChI is InChI=1S/C21H27N3O7S2/c1-4-31-21(27)19-16(11-33-32-10-14(22)9-25)23-12(2)17(20(26)30-3)18(19)13-6-5-7-15(8-13)24(28)29/h5-8,14,18,23,25H,4,9-11,22H2,1-3H3.